The van der Waals surface area contributed by atoms with E-state index in [0.717, 1.165) is 0 Å². The van der Waals surface area contributed by atoms with Crippen molar-refractivity contribution < 1.29 is 9.53 Å². The second-order valence-electron chi connectivity index (χ2n) is 5.99. The van der Waals surface area contributed by atoms with Gasteiger partial charge in [-0.3, -0.25) is 9.59 Å². The molecule has 4 rings (SSSR count). The summed E-state index contributed by atoms with van der Waals surface area (Å²) in [5, 5.41) is 8.01. The number of carbonyl (C=O) groups is 1. The molecule has 0 fully saturated rings. The van der Waals surface area contributed by atoms with Crippen LogP contribution in [0.5, 0.6) is 5.88 Å². The molecule has 2 aromatic carbocycles. The van der Waals surface area contributed by atoms with Crippen LogP contribution >= 0.6 is 0 Å². The Morgan fingerprint density at radius 2 is 1.68 bits per heavy atom. The normalized spacial score (nSPS) is 10.6. The van der Waals surface area contributed by atoms with Crippen LogP contribution in [-0.4, -0.2) is 27.8 Å². The molecular weight excluding hydrogens is 356 g/mol. The fourth-order valence-electron chi connectivity index (χ4n) is 2.87. The van der Waals surface area contributed by atoms with Gasteiger partial charge >= 0.3 is 0 Å². The van der Waals surface area contributed by atoms with Gasteiger partial charge in [-0.05, 0) is 24.3 Å². The number of aromatic nitrogens is 3. The Balaban J connectivity index is 1.82. The van der Waals surface area contributed by atoms with Crippen molar-refractivity contribution >= 4 is 22.4 Å². The minimum absolute atomic E-state index is 0.148. The lowest BCUT2D eigenvalue weighted by Gasteiger charge is -2.11. The molecule has 1 N–H and O–H groups in total. The maximum atomic E-state index is 12.9. The zero-order chi connectivity index (χ0) is 19.5. The molecule has 0 spiro atoms. The van der Waals surface area contributed by atoms with Gasteiger partial charge in [-0.1, -0.05) is 36.4 Å². The van der Waals surface area contributed by atoms with Crippen LogP contribution in [0.2, 0.25) is 0 Å². The zero-order valence-corrected chi connectivity index (χ0v) is 15.0. The van der Waals surface area contributed by atoms with Crippen LogP contribution in [0.15, 0.2) is 77.7 Å². The molecule has 2 aromatic heterocycles. The average molecular weight is 372 g/mol. The highest BCUT2D eigenvalue weighted by Crippen LogP contribution is 2.17. The summed E-state index contributed by atoms with van der Waals surface area (Å²) in [5.74, 6) is 0.00653. The number of ether oxygens (including phenoxy) is 1. The number of fused-ring (bicyclic) bond motifs is 1. The molecule has 7 nitrogen and oxygen atoms in total. The summed E-state index contributed by atoms with van der Waals surface area (Å²) in [6.07, 6.45) is 1.49. The molecule has 0 atom stereocenters. The van der Waals surface area contributed by atoms with Crippen molar-refractivity contribution in [3.8, 4) is 11.6 Å². The molecule has 0 aliphatic heterocycles. The van der Waals surface area contributed by atoms with Crippen LogP contribution in [0.1, 0.15) is 10.5 Å². The van der Waals surface area contributed by atoms with E-state index in [1.54, 1.807) is 60.7 Å². The van der Waals surface area contributed by atoms with Gasteiger partial charge in [-0.2, -0.15) is 9.78 Å². The third-order valence-electron chi connectivity index (χ3n) is 4.22. The van der Waals surface area contributed by atoms with E-state index >= 15 is 0 Å². The van der Waals surface area contributed by atoms with E-state index in [-0.39, 0.29) is 11.3 Å². The minimum atomic E-state index is -0.437. The van der Waals surface area contributed by atoms with Gasteiger partial charge in [0, 0.05) is 11.5 Å². The number of para-hydroxylation sites is 1. The fraction of sp³-hybridized carbons (Fsp3) is 0.0476. The summed E-state index contributed by atoms with van der Waals surface area (Å²) in [7, 11) is 1.52. The van der Waals surface area contributed by atoms with Crippen LogP contribution in [0.3, 0.4) is 0 Å². The van der Waals surface area contributed by atoms with Crippen molar-refractivity contribution in [2.24, 2.45) is 0 Å². The van der Waals surface area contributed by atoms with Gasteiger partial charge in [0.15, 0.2) is 5.69 Å². The van der Waals surface area contributed by atoms with Gasteiger partial charge in [0.05, 0.1) is 30.1 Å². The highest BCUT2D eigenvalue weighted by molar-refractivity contribution is 6.11. The lowest BCUT2D eigenvalue weighted by Crippen LogP contribution is -2.26. The van der Waals surface area contributed by atoms with E-state index in [9.17, 15) is 9.59 Å². The van der Waals surface area contributed by atoms with Gasteiger partial charge < -0.3 is 10.1 Å². The fourth-order valence-corrected chi connectivity index (χ4v) is 2.87. The summed E-state index contributed by atoms with van der Waals surface area (Å²) in [6, 6.07) is 19.2. The Bertz CT molecular complexity index is 1200. The first kappa shape index (κ1) is 17.4. The zero-order valence-electron chi connectivity index (χ0n) is 15.0. The maximum Gasteiger partial charge on any atom is 0.279 e. The van der Waals surface area contributed by atoms with Crippen LogP contribution in [0, 0.1) is 0 Å². The van der Waals surface area contributed by atoms with E-state index in [1.807, 2.05) is 6.07 Å². The lowest BCUT2D eigenvalue weighted by atomic mass is 10.1. The first-order chi connectivity index (χ1) is 13.7. The Labute approximate surface area is 160 Å². The number of anilines is 1. The summed E-state index contributed by atoms with van der Waals surface area (Å²) >= 11 is 0. The third kappa shape index (κ3) is 3.21. The largest absolute Gasteiger partial charge is 0.481 e. The number of amides is 1. The standard InChI is InChI=1S/C21H16N4O3/c1-28-18-12-11-14(13-22-18)23-20(26)19-16-9-5-6-10-17(16)21(27)25(24-19)15-7-3-2-4-8-15/h2-13H,1H3,(H,23,26). The topological polar surface area (TPSA) is 86.1 Å². The second-order valence-corrected chi connectivity index (χ2v) is 5.99. The Morgan fingerprint density at radius 1 is 0.964 bits per heavy atom. The van der Waals surface area contributed by atoms with Crippen molar-refractivity contribution in [2.45, 2.75) is 0 Å². The van der Waals surface area contributed by atoms with Crippen molar-refractivity contribution in [3.05, 3.63) is 89.0 Å². The molecule has 0 radical (unpaired) electrons. The lowest BCUT2D eigenvalue weighted by molar-refractivity contribution is 0.102. The van der Waals surface area contributed by atoms with Crippen molar-refractivity contribution in [3.63, 3.8) is 0 Å². The first-order valence-corrected chi connectivity index (χ1v) is 8.56. The van der Waals surface area contributed by atoms with Gasteiger partial charge in [0.25, 0.3) is 11.5 Å². The number of nitrogens with zero attached hydrogens (tertiary/aromatic N) is 3. The van der Waals surface area contributed by atoms with E-state index in [4.69, 9.17) is 4.74 Å². The summed E-state index contributed by atoms with van der Waals surface area (Å²) < 4.78 is 6.26. The Hall–Kier alpha value is -4.00. The van der Waals surface area contributed by atoms with Crippen molar-refractivity contribution in [2.75, 3.05) is 12.4 Å². The van der Waals surface area contributed by atoms with E-state index in [2.05, 4.69) is 15.4 Å². The first-order valence-electron chi connectivity index (χ1n) is 8.56. The van der Waals surface area contributed by atoms with Gasteiger partial charge in [0.1, 0.15) is 0 Å². The third-order valence-corrected chi connectivity index (χ3v) is 4.22. The predicted molar refractivity (Wildman–Crippen MR) is 106 cm³/mol. The second kappa shape index (κ2) is 7.32. The number of benzene rings is 2. The number of hydrogen-bond donors (Lipinski definition) is 1. The number of hydrogen-bond acceptors (Lipinski definition) is 5. The number of carbonyl (C=O) groups excluding carboxylic acids is 1. The predicted octanol–water partition coefficient (Wildman–Crippen LogP) is 3.04. The van der Waals surface area contributed by atoms with Crippen LogP contribution < -0.4 is 15.6 Å². The quantitative estimate of drug-likeness (QED) is 0.595. The summed E-state index contributed by atoms with van der Waals surface area (Å²) in [6.45, 7) is 0. The van der Waals surface area contributed by atoms with E-state index in [0.29, 0.717) is 28.0 Å². The molecule has 0 bridgehead atoms. The van der Waals surface area contributed by atoms with Gasteiger partial charge in [-0.15, -0.1) is 0 Å². The van der Waals surface area contributed by atoms with Gasteiger partial charge in [0.2, 0.25) is 5.88 Å². The molecule has 0 saturated carbocycles. The molecule has 4 aromatic rings. The van der Waals surface area contributed by atoms with E-state index < -0.39 is 5.91 Å². The maximum absolute atomic E-state index is 12.9. The molecule has 1 amide bonds. The number of rotatable bonds is 4. The van der Waals surface area contributed by atoms with Crippen LogP contribution in [0.4, 0.5) is 5.69 Å². The molecule has 0 saturated heterocycles. The monoisotopic (exact) mass is 372 g/mol. The molecule has 0 aliphatic rings. The molecular formula is C21H16N4O3. The van der Waals surface area contributed by atoms with Crippen molar-refractivity contribution in [1.29, 1.82) is 0 Å². The minimum Gasteiger partial charge on any atom is -0.481 e. The Morgan fingerprint density at radius 3 is 2.36 bits per heavy atom. The average Bonchev–Trinajstić information content (AvgIpc) is 2.75. The number of pyridine rings is 1. The molecule has 0 unspecified atom stereocenters. The molecule has 138 valence electrons. The molecule has 0 aliphatic carbocycles. The van der Waals surface area contributed by atoms with Crippen molar-refractivity contribution in [1.82, 2.24) is 14.8 Å². The van der Waals surface area contributed by atoms with Crippen LogP contribution in [0.25, 0.3) is 16.5 Å². The summed E-state index contributed by atoms with van der Waals surface area (Å²) in [5.41, 5.74) is 0.937. The number of nitrogens with one attached hydrogen (secondary N) is 1. The molecule has 28 heavy (non-hydrogen) atoms. The van der Waals surface area contributed by atoms with Crippen LogP contribution in [-0.2, 0) is 0 Å². The highest BCUT2D eigenvalue weighted by atomic mass is 16.5. The van der Waals surface area contributed by atoms with Gasteiger partial charge in [-0.25, -0.2) is 4.98 Å². The molecule has 2 heterocycles. The number of methoxy groups -OCH3 is 1. The van der Waals surface area contributed by atoms with E-state index in [1.165, 1.54) is 18.0 Å². The summed E-state index contributed by atoms with van der Waals surface area (Å²) in [4.78, 5) is 29.9. The molecule has 7 heteroatoms. The SMILES string of the molecule is COc1ccc(NC(=O)c2nn(-c3ccccc3)c(=O)c3ccccc23)cn1. The smallest absolute Gasteiger partial charge is 0.279 e. The highest BCUT2D eigenvalue weighted by Gasteiger charge is 2.17. The Kier molecular flexibility index (Phi) is 4.55.